The minimum atomic E-state index is -0.864. The van der Waals surface area contributed by atoms with Crippen LogP contribution >= 0.6 is 0 Å². The van der Waals surface area contributed by atoms with Gasteiger partial charge in [0.15, 0.2) is 0 Å². The quantitative estimate of drug-likeness (QED) is 0.151. The van der Waals surface area contributed by atoms with Gasteiger partial charge < -0.3 is 40.3 Å². The molecule has 0 saturated carbocycles. The predicted molar refractivity (Wildman–Crippen MR) is 209 cm³/mol. The van der Waals surface area contributed by atoms with Crippen LogP contribution in [0.2, 0.25) is 0 Å². The normalized spacial score (nSPS) is 18.5. The smallest absolute Gasteiger partial charge is 0.242 e. The molecule has 300 valence electrons. The Kier molecular flexibility index (Phi) is 25.1. The van der Waals surface area contributed by atoms with Crippen molar-refractivity contribution < 1.29 is 33.8 Å². The molecule has 0 aliphatic carbocycles. The van der Waals surface area contributed by atoms with Gasteiger partial charge in [-0.2, -0.15) is 0 Å². The minimum absolute atomic E-state index is 0.0333. The van der Waals surface area contributed by atoms with Crippen LogP contribution in [0.3, 0.4) is 0 Å². The molecule has 1 fully saturated rings. The molecular formula is C40H73N5O7. The Morgan fingerprint density at radius 1 is 1.00 bits per heavy atom. The number of likely N-dealkylation sites (tertiary alicyclic amines) is 1. The highest BCUT2D eigenvalue weighted by Gasteiger charge is 2.42. The first-order valence-corrected chi connectivity index (χ1v) is 19.1. The molecule has 0 radical (unpaired) electrons. The molecule has 0 bridgehead atoms. The molecule has 1 aromatic carbocycles. The summed E-state index contributed by atoms with van der Waals surface area (Å²) in [4.78, 5) is 53.8. The Hall–Kier alpha value is -3.06. The molecule has 12 nitrogen and oxygen atoms in total. The second-order valence-electron chi connectivity index (χ2n) is 14.3. The van der Waals surface area contributed by atoms with E-state index in [1.807, 2.05) is 51.2 Å². The van der Waals surface area contributed by atoms with Crippen molar-refractivity contribution in [3.8, 4) is 0 Å². The summed E-state index contributed by atoms with van der Waals surface area (Å²) < 4.78 is 11.6. The summed E-state index contributed by atoms with van der Waals surface area (Å²) in [5.74, 6) is -0.465. The summed E-state index contributed by atoms with van der Waals surface area (Å²) in [7, 11) is 6.73. The predicted octanol–water partition coefficient (Wildman–Crippen LogP) is 4.56. The van der Waals surface area contributed by atoms with Gasteiger partial charge in [0, 0.05) is 33.9 Å². The van der Waals surface area contributed by atoms with Crippen molar-refractivity contribution in [1.82, 2.24) is 25.8 Å². The summed E-state index contributed by atoms with van der Waals surface area (Å²) in [6.45, 7) is 18.8. The second-order valence-corrected chi connectivity index (χ2v) is 14.3. The van der Waals surface area contributed by atoms with E-state index in [1.165, 1.54) is 13.5 Å². The van der Waals surface area contributed by atoms with Crippen molar-refractivity contribution in [2.24, 2.45) is 17.8 Å². The molecule has 9 atom stereocenters. The molecule has 1 saturated heterocycles. The van der Waals surface area contributed by atoms with Gasteiger partial charge in [-0.25, -0.2) is 0 Å². The number of likely N-dealkylation sites (N-methyl/N-ethyl adjacent to an activating group) is 1. The van der Waals surface area contributed by atoms with Crippen LogP contribution in [0.1, 0.15) is 106 Å². The fourth-order valence-electron chi connectivity index (χ4n) is 6.29. The van der Waals surface area contributed by atoms with Gasteiger partial charge in [-0.05, 0) is 51.1 Å². The van der Waals surface area contributed by atoms with Crippen molar-refractivity contribution >= 4 is 24.1 Å². The maximum atomic E-state index is 13.7. The van der Waals surface area contributed by atoms with E-state index in [4.69, 9.17) is 9.47 Å². The lowest BCUT2D eigenvalue weighted by molar-refractivity contribution is -0.145. The zero-order chi connectivity index (χ0) is 40.0. The molecule has 1 heterocycles. The number of methoxy groups -OCH3 is 2. The molecular weight excluding hydrogens is 662 g/mol. The Morgan fingerprint density at radius 2 is 1.60 bits per heavy atom. The Morgan fingerprint density at radius 3 is 2.06 bits per heavy atom. The van der Waals surface area contributed by atoms with Gasteiger partial charge in [-0.3, -0.25) is 19.2 Å². The monoisotopic (exact) mass is 736 g/mol. The Balaban J connectivity index is 0.00000228. The van der Waals surface area contributed by atoms with Crippen LogP contribution in [0.25, 0.3) is 0 Å². The lowest BCUT2D eigenvalue weighted by atomic mass is 9.90. The van der Waals surface area contributed by atoms with E-state index in [1.54, 1.807) is 37.8 Å². The van der Waals surface area contributed by atoms with E-state index in [0.717, 1.165) is 18.8 Å². The lowest BCUT2D eigenvalue weighted by Gasteiger charge is -2.39. The van der Waals surface area contributed by atoms with Crippen LogP contribution in [-0.2, 0) is 28.7 Å². The van der Waals surface area contributed by atoms with E-state index in [2.05, 4.69) is 50.6 Å². The highest BCUT2D eigenvalue weighted by molar-refractivity contribution is 5.81. The minimum Gasteiger partial charge on any atom is -0.386 e. The molecule has 1 aliphatic rings. The van der Waals surface area contributed by atoms with Gasteiger partial charge in [-0.1, -0.05) is 91.6 Å². The number of aliphatic hydroxyl groups is 1. The largest absolute Gasteiger partial charge is 0.386 e. The summed E-state index contributed by atoms with van der Waals surface area (Å²) in [5, 5.41) is 19.2. The number of carbonyl (C=O) groups is 4. The summed E-state index contributed by atoms with van der Waals surface area (Å²) in [6.07, 6.45) is 2.02. The van der Waals surface area contributed by atoms with Crippen molar-refractivity contribution in [2.45, 2.75) is 137 Å². The van der Waals surface area contributed by atoms with E-state index < -0.39 is 30.3 Å². The van der Waals surface area contributed by atoms with E-state index in [-0.39, 0.29) is 48.7 Å². The molecule has 0 aromatic heterocycles. The molecule has 0 spiro atoms. The van der Waals surface area contributed by atoms with Crippen LogP contribution in [0.4, 0.5) is 0 Å². The van der Waals surface area contributed by atoms with Gasteiger partial charge in [0.25, 0.3) is 0 Å². The maximum absolute atomic E-state index is 13.7. The molecule has 1 aliphatic heterocycles. The Bertz CT molecular complexity index is 1140. The first-order valence-electron chi connectivity index (χ1n) is 19.1. The number of nitrogens with zero attached hydrogens (tertiary/aromatic N) is 2. The first-order chi connectivity index (χ1) is 24.6. The van der Waals surface area contributed by atoms with Crippen molar-refractivity contribution in [1.29, 1.82) is 0 Å². The number of rotatable bonds is 19. The van der Waals surface area contributed by atoms with Crippen LogP contribution in [0.5, 0.6) is 0 Å². The van der Waals surface area contributed by atoms with Gasteiger partial charge >= 0.3 is 0 Å². The number of carbonyl (C=O) groups excluding carboxylic acids is 4. The number of benzene rings is 1. The third-order valence-electron chi connectivity index (χ3n) is 10.1. The molecule has 2 rings (SSSR count). The van der Waals surface area contributed by atoms with E-state index in [0.29, 0.717) is 31.0 Å². The van der Waals surface area contributed by atoms with Crippen LogP contribution < -0.4 is 16.0 Å². The summed E-state index contributed by atoms with van der Waals surface area (Å²) >= 11 is 0. The number of ether oxygens (including phenoxy) is 2. The third-order valence-corrected chi connectivity index (χ3v) is 10.1. The number of nitrogens with one attached hydrogen (secondary N) is 3. The molecule has 9 unspecified atom stereocenters. The average molecular weight is 736 g/mol. The molecule has 12 heteroatoms. The fraction of sp³-hybridized carbons (Fsp3) is 0.750. The zero-order valence-electron chi connectivity index (χ0n) is 34.5. The zero-order valence-corrected chi connectivity index (χ0v) is 34.5. The van der Waals surface area contributed by atoms with Crippen molar-refractivity contribution in [2.75, 3.05) is 41.4 Å². The number of aliphatic hydroxyl groups excluding tert-OH is 1. The van der Waals surface area contributed by atoms with Gasteiger partial charge in [0.05, 0.1) is 55.3 Å². The number of hydrogen-bond acceptors (Lipinski definition) is 8. The third kappa shape index (κ3) is 15.9. The SMILES string of the molecule is CCC.CCC(C)C(C(CC(=O)N1CCCC1C(OC)C(C)C(=O)NC(C)C(O)c1ccccc1)OC)N(C)C(=O)CNC=O.CNC(C)C(C)C. The molecule has 4 N–H and O–H groups in total. The van der Waals surface area contributed by atoms with Gasteiger partial charge in [0.1, 0.15) is 0 Å². The summed E-state index contributed by atoms with van der Waals surface area (Å²) in [6, 6.07) is 8.59. The fourth-order valence-corrected chi connectivity index (χ4v) is 6.29. The average Bonchev–Trinajstić information content (AvgIpc) is 3.63. The summed E-state index contributed by atoms with van der Waals surface area (Å²) in [5.41, 5.74) is 0.713. The number of amides is 4. The second kappa shape index (κ2) is 26.7. The highest BCUT2D eigenvalue weighted by atomic mass is 16.5. The van der Waals surface area contributed by atoms with Gasteiger partial charge in [-0.15, -0.1) is 0 Å². The van der Waals surface area contributed by atoms with Gasteiger partial charge in [0.2, 0.25) is 24.1 Å². The highest BCUT2D eigenvalue weighted by Crippen LogP contribution is 2.29. The van der Waals surface area contributed by atoms with Crippen LogP contribution in [-0.4, -0.2) is 117 Å². The first kappa shape index (κ1) is 48.9. The molecule has 1 aromatic rings. The van der Waals surface area contributed by atoms with Crippen LogP contribution in [0.15, 0.2) is 30.3 Å². The lowest BCUT2D eigenvalue weighted by Crippen LogP contribution is -2.54. The molecule has 4 amide bonds. The Labute approximate surface area is 315 Å². The van der Waals surface area contributed by atoms with Crippen molar-refractivity contribution in [3.05, 3.63) is 35.9 Å². The van der Waals surface area contributed by atoms with Crippen LogP contribution in [0, 0.1) is 17.8 Å². The van der Waals surface area contributed by atoms with E-state index in [9.17, 15) is 24.3 Å². The standard InChI is InChI=1S/C31H50N4O7.C6H15N.C3H8/c1-8-20(2)28(34(5)27(38)18-32-19-36)25(41-6)17-26(37)35-16-12-15-24(35)30(42-7)21(3)31(40)33-22(4)29(39)23-13-10-9-11-14-23;1-5(2)6(3)7-4;1-3-2/h9-11,13-14,19-22,24-25,28-30,39H,8,12,15-18H2,1-7H3,(H,32,36)(H,33,40);5-7H,1-4H3;3H2,1-2H3. The number of hydrogen-bond donors (Lipinski definition) is 4. The topological polar surface area (TPSA) is 150 Å². The van der Waals surface area contributed by atoms with Crippen molar-refractivity contribution in [3.63, 3.8) is 0 Å². The van der Waals surface area contributed by atoms with E-state index >= 15 is 0 Å². The molecule has 52 heavy (non-hydrogen) atoms. The maximum Gasteiger partial charge on any atom is 0.242 e.